The molecule has 0 unspecified atom stereocenters. The summed E-state index contributed by atoms with van der Waals surface area (Å²) in [5, 5.41) is 12.3. The first-order valence-corrected chi connectivity index (χ1v) is 6.56. The van der Waals surface area contributed by atoms with Crippen LogP contribution in [0, 0.1) is 18.3 Å². The van der Waals surface area contributed by atoms with E-state index in [-0.39, 0.29) is 0 Å². The molecule has 2 aromatic rings. The van der Waals surface area contributed by atoms with Crippen molar-refractivity contribution >= 4 is 11.5 Å². The van der Waals surface area contributed by atoms with Crippen molar-refractivity contribution in [2.75, 3.05) is 23.3 Å². The van der Waals surface area contributed by atoms with Gasteiger partial charge in [-0.25, -0.2) is 9.97 Å². The lowest BCUT2D eigenvalue weighted by Crippen LogP contribution is -2.55. The van der Waals surface area contributed by atoms with E-state index < -0.39 is 0 Å². The lowest BCUT2D eigenvalue weighted by atomic mass is 10.1. The molecule has 1 saturated heterocycles. The third-order valence-electron chi connectivity index (χ3n) is 3.33. The van der Waals surface area contributed by atoms with E-state index in [4.69, 9.17) is 5.26 Å². The highest BCUT2D eigenvalue weighted by Crippen LogP contribution is 2.21. The SMILES string of the molecule is Cc1nccc(N2CC(Nc3cccc(C#N)c3)C2)n1. The highest BCUT2D eigenvalue weighted by Gasteiger charge is 2.27. The first-order chi connectivity index (χ1) is 9.74. The van der Waals surface area contributed by atoms with Gasteiger partial charge in [0.15, 0.2) is 0 Å². The fraction of sp³-hybridized carbons (Fsp3) is 0.267. The third-order valence-corrected chi connectivity index (χ3v) is 3.33. The Morgan fingerprint density at radius 1 is 1.35 bits per heavy atom. The fourth-order valence-corrected chi connectivity index (χ4v) is 2.29. The van der Waals surface area contributed by atoms with Crippen molar-refractivity contribution in [3.8, 4) is 6.07 Å². The first-order valence-electron chi connectivity index (χ1n) is 6.56. The number of nitrogens with one attached hydrogen (secondary N) is 1. The largest absolute Gasteiger partial charge is 0.379 e. The molecule has 3 rings (SSSR count). The van der Waals surface area contributed by atoms with Gasteiger partial charge in [0.05, 0.1) is 17.7 Å². The molecular weight excluding hydrogens is 250 g/mol. The Morgan fingerprint density at radius 3 is 2.95 bits per heavy atom. The Kier molecular flexibility index (Phi) is 3.21. The summed E-state index contributed by atoms with van der Waals surface area (Å²) < 4.78 is 0. The quantitative estimate of drug-likeness (QED) is 0.919. The van der Waals surface area contributed by atoms with Gasteiger partial charge in [-0.05, 0) is 31.2 Å². The van der Waals surface area contributed by atoms with E-state index in [1.54, 1.807) is 6.20 Å². The van der Waals surface area contributed by atoms with Gasteiger partial charge in [-0.3, -0.25) is 0 Å². The zero-order chi connectivity index (χ0) is 13.9. The summed E-state index contributed by atoms with van der Waals surface area (Å²) in [7, 11) is 0. The maximum Gasteiger partial charge on any atom is 0.132 e. The van der Waals surface area contributed by atoms with Crippen LogP contribution in [0.3, 0.4) is 0 Å². The zero-order valence-electron chi connectivity index (χ0n) is 11.2. The molecule has 0 bridgehead atoms. The summed E-state index contributed by atoms with van der Waals surface area (Å²) in [5.74, 6) is 1.77. The van der Waals surface area contributed by atoms with E-state index in [9.17, 15) is 0 Å². The van der Waals surface area contributed by atoms with Crippen LogP contribution in [0.15, 0.2) is 36.5 Å². The Morgan fingerprint density at radius 2 is 2.20 bits per heavy atom. The van der Waals surface area contributed by atoms with Crippen LogP contribution >= 0.6 is 0 Å². The molecule has 1 aromatic heterocycles. The van der Waals surface area contributed by atoms with E-state index in [0.29, 0.717) is 11.6 Å². The molecule has 0 aliphatic carbocycles. The second kappa shape index (κ2) is 5.17. The minimum absolute atomic E-state index is 0.388. The maximum atomic E-state index is 8.88. The Bertz CT molecular complexity index is 655. The van der Waals surface area contributed by atoms with Crippen LogP contribution in [0.1, 0.15) is 11.4 Å². The average molecular weight is 265 g/mol. The number of nitrogens with zero attached hydrogens (tertiary/aromatic N) is 4. The number of hydrogen-bond acceptors (Lipinski definition) is 5. The van der Waals surface area contributed by atoms with Crippen LogP contribution in [-0.4, -0.2) is 29.1 Å². The van der Waals surface area contributed by atoms with Crippen molar-refractivity contribution in [1.82, 2.24) is 9.97 Å². The Hall–Kier alpha value is -2.61. The molecule has 20 heavy (non-hydrogen) atoms. The normalized spacial score (nSPS) is 14.5. The van der Waals surface area contributed by atoms with Crippen LogP contribution in [-0.2, 0) is 0 Å². The molecule has 1 aromatic carbocycles. The molecule has 2 heterocycles. The molecule has 5 nitrogen and oxygen atoms in total. The molecule has 0 atom stereocenters. The fourth-order valence-electron chi connectivity index (χ4n) is 2.29. The van der Waals surface area contributed by atoms with Crippen molar-refractivity contribution in [3.05, 3.63) is 47.9 Å². The topological polar surface area (TPSA) is 64.8 Å². The second-order valence-corrected chi connectivity index (χ2v) is 4.90. The Balaban J connectivity index is 1.59. The number of aryl methyl sites for hydroxylation is 1. The number of hydrogen-bond donors (Lipinski definition) is 1. The van der Waals surface area contributed by atoms with E-state index >= 15 is 0 Å². The van der Waals surface area contributed by atoms with Crippen molar-refractivity contribution in [2.45, 2.75) is 13.0 Å². The lowest BCUT2D eigenvalue weighted by Gasteiger charge is -2.41. The summed E-state index contributed by atoms with van der Waals surface area (Å²) in [6.07, 6.45) is 1.79. The minimum atomic E-state index is 0.388. The molecule has 0 amide bonds. The van der Waals surface area contributed by atoms with Crippen molar-refractivity contribution in [1.29, 1.82) is 5.26 Å². The number of aromatic nitrogens is 2. The molecule has 1 fully saturated rings. The van der Waals surface area contributed by atoms with Gasteiger partial charge in [0.25, 0.3) is 0 Å². The summed E-state index contributed by atoms with van der Waals surface area (Å²) in [6, 6.07) is 12.0. The van der Waals surface area contributed by atoms with E-state index in [2.05, 4.69) is 26.3 Å². The highest BCUT2D eigenvalue weighted by molar-refractivity contribution is 5.52. The molecule has 1 N–H and O–H groups in total. The van der Waals surface area contributed by atoms with Gasteiger partial charge < -0.3 is 10.2 Å². The molecule has 1 aliphatic heterocycles. The predicted molar refractivity (Wildman–Crippen MR) is 77.5 cm³/mol. The van der Waals surface area contributed by atoms with Crippen molar-refractivity contribution in [2.24, 2.45) is 0 Å². The van der Waals surface area contributed by atoms with Gasteiger partial charge in [0, 0.05) is 25.0 Å². The monoisotopic (exact) mass is 265 g/mol. The van der Waals surface area contributed by atoms with Gasteiger partial charge >= 0.3 is 0 Å². The zero-order valence-corrected chi connectivity index (χ0v) is 11.2. The molecule has 5 heteroatoms. The summed E-state index contributed by atoms with van der Waals surface area (Å²) in [5.41, 5.74) is 1.67. The summed E-state index contributed by atoms with van der Waals surface area (Å²) in [4.78, 5) is 10.7. The average Bonchev–Trinajstić information content (AvgIpc) is 2.42. The van der Waals surface area contributed by atoms with Gasteiger partial charge in [0.2, 0.25) is 0 Å². The van der Waals surface area contributed by atoms with E-state index in [0.717, 1.165) is 30.4 Å². The lowest BCUT2D eigenvalue weighted by molar-refractivity contribution is 0.544. The third kappa shape index (κ3) is 2.54. The van der Waals surface area contributed by atoms with Crippen molar-refractivity contribution in [3.63, 3.8) is 0 Å². The summed E-state index contributed by atoms with van der Waals surface area (Å²) in [6.45, 7) is 3.72. The van der Waals surface area contributed by atoms with Crippen LogP contribution in [0.2, 0.25) is 0 Å². The van der Waals surface area contributed by atoms with E-state index in [1.807, 2.05) is 37.3 Å². The number of anilines is 2. The molecule has 100 valence electrons. The number of nitriles is 1. The van der Waals surface area contributed by atoms with Gasteiger partial charge in [-0.2, -0.15) is 5.26 Å². The second-order valence-electron chi connectivity index (χ2n) is 4.90. The van der Waals surface area contributed by atoms with Crippen LogP contribution in [0.25, 0.3) is 0 Å². The number of benzene rings is 1. The maximum absolute atomic E-state index is 8.88. The van der Waals surface area contributed by atoms with Crippen LogP contribution in [0.5, 0.6) is 0 Å². The van der Waals surface area contributed by atoms with Crippen molar-refractivity contribution < 1.29 is 0 Å². The summed E-state index contributed by atoms with van der Waals surface area (Å²) >= 11 is 0. The minimum Gasteiger partial charge on any atom is -0.379 e. The molecule has 1 aliphatic rings. The van der Waals surface area contributed by atoms with E-state index in [1.165, 1.54) is 0 Å². The molecule has 0 spiro atoms. The van der Waals surface area contributed by atoms with Crippen LogP contribution in [0.4, 0.5) is 11.5 Å². The standard InChI is InChI=1S/C15H15N5/c1-11-17-6-5-15(18-11)20-9-14(10-20)19-13-4-2-3-12(7-13)8-16/h2-7,14,19H,9-10H2,1H3. The molecule has 0 saturated carbocycles. The molecular formula is C15H15N5. The van der Waals surface area contributed by atoms with Crippen LogP contribution < -0.4 is 10.2 Å². The van der Waals surface area contributed by atoms with Gasteiger partial charge in [-0.1, -0.05) is 6.07 Å². The molecule has 0 radical (unpaired) electrons. The Labute approximate surface area is 117 Å². The van der Waals surface area contributed by atoms with Gasteiger partial charge in [0.1, 0.15) is 11.6 Å². The highest BCUT2D eigenvalue weighted by atomic mass is 15.3. The first kappa shape index (κ1) is 12.4. The number of rotatable bonds is 3. The predicted octanol–water partition coefficient (Wildman–Crippen LogP) is 1.96. The smallest absolute Gasteiger partial charge is 0.132 e. The van der Waals surface area contributed by atoms with Gasteiger partial charge in [-0.15, -0.1) is 0 Å².